The molecule has 0 spiro atoms. The summed E-state index contributed by atoms with van der Waals surface area (Å²) in [6, 6.07) is 7.44. The summed E-state index contributed by atoms with van der Waals surface area (Å²) in [5.74, 6) is 1.53. The van der Waals surface area contributed by atoms with Gasteiger partial charge in [0.1, 0.15) is 17.5 Å². The first-order valence-corrected chi connectivity index (χ1v) is 11.6. The SMILES string of the molecule is Cc1nc(C)n(CCC(=O)NC2CCN(CC3(c4cccc(F)c4)CCCC3)CC2)n1. The van der Waals surface area contributed by atoms with Gasteiger partial charge in [-0.25, -0.2) is 14.1 Å². The third-order valence-corrected chi connectivity index (χ3v) is 6.99. The number of hydrogen-bond donors (Lipinski definition) is 1. The maximum atomic E-state index is 13.9. The molecule has 168 valence electrons. The summed E-state index contributed by atoms with van der Waals surface area (Å²) in [6.45, 7) is 7.28. The van der Waals surface area contributed by atoms with Gasteiger partial charge < -0.3 is 10.2 Å². The molecule has 2 heterocycles. The van der Waals surface area contributed by atoms with Gasteiger partial charge in [0.15, 0.2) is 0 Å². The molecule has 1 aromatic heterocycles. The van der Waals surface area contributed by atoms with E-state index in [1.54, 1.807) is 10.7 Å². The van der Waals surface area contributed by atoms with E-state index in [9.17, 15) is 9.18 Å². The number of halogens is 1. The number of rotatable bonds is 7. The van der Waals surface area contributed by atoms with Crippen LogP contribution in [0.25, 0.3) is 0 Å². The van der Waals surface area contributed by atoms with Crippen molar-refractivity contribution in [3.8, 4) is 0 Å². The van der Waals surface area contributed by atoms with Gasteiger partial charge in [-0.05, 0) is 57.2 Å². The van der Waals surface area contributed by atoms with Crippen molar-refractivity contribution in [1.29, 1.82) is 0 Å². The second-order valence-corrected chi connectivity index (χ2v) is 9.30. The van der Waals surface area contributed by atoms with Gasteiger partial charge in [-0.15, -0.1) is 0 Å². The van der Waals surface area contributed by atoms with Gasteiger partial charge in [-0.2, -0.15) is 5.10 Å². The number of carbonyl (C=O) groups excluding carboxylic acids is 1. The molecule has 2 aromatic rings. The van der Waals surface area contributed by atoms with Gasteiger partial charge in [-0.3, -0.25) is 4.79 Å². The van der Waals surface area contributed by atoms with Crippen LogP contribution in [0.15, 0.2) is 24.3 Å². The van der Waals surface area contributed by atoms with E-state index in [0.717, 1.165) is 62.5 Å². The largest absolute Gasteiger partial charge is 0.353 e. The maximum Gasteiger partial charge on any atom is 0.222 e. The summed E-state index contributed by atoms with van der Waals surface area (Å²) in [5.41, 5.74) is 1.23. The van der Waals surface area contributed by atoms with Crippen LogP contribution in [0.3, 0.4) is 0 Å². The molecule has 31 heavy (non-hydrogen) atoms. The molecular formula is C24H34FN5O. The lowest BCUT2D eigenvalue weighted by Gasteiger charge is -2.39. The van der Waals surface area contributed by atoms with Crippen LogP contribution >= 0.6 is 0 Å². The zero-order valence-electron chi connectivity index (χ0n) is 18.7. The maximum absolute atomic E-state index is 13.9. The number of benzene rings is 1. The van der Waals surface area contributed by atoms with Crippen molar-refractivity contribution >= 4 is 5.91 Å². The quantitative estimate of drug-likeness (QED) is 0.734. The standard InChI is InChI=1S/C24H34FN5O/c1-18-26-19(2)30(28-18)15-10-23(31)27-22-8-13-29(14-9-22)17-24(11-3-4-12-24)20-6-5-7-21(25)16-20/h5-7,16,22H,3-4,8-15,17H2,1-2H3,(H,27,31). The molecule has 0 unspecified atom stereocenters. The highest BCUT2D eigenvalue weighted by atomic mass is 19.1. The predicted octanol–water partition coefficient (Wildman–Crippen LogP) is 3.52. The number of carbonyl (C=O) groups is 1. The first-order valence-electron chi connectivity index (χ1n) is 11.6. The molecule has 1 N–H and O–H groups in total. The highest BCUT2D eigenvalue weighted by Crippen LogP contribution is 2.42. The number of nitrogens with zero attached hydrogens (tertiary/aromatic N) is 4. The summed E-state index contributed by atoms with van der Waals surface area (Å²) < 4.78 is 15.7. The molecule has 0 bridgehead atoms. The number of amides is 1. The third-order valence-electron chi connectivity index (χ3n) is 6.99. The Morgan fingerprint density at radius 2 is 1.97 bits per heavy atom. The topological polar surface area (TPSA) is 63.1 Å². The van der Waals surface area contributed by atoms with Crippen LogP contribution < -0.4 is 5.32 Å². The summed E-state index contributed by atoms with van der Waals surface area (Å²) in [5, 5.41) is 7.52. The van der Waals surface area contributed by atoms with Crippen molar-refractivity contribution < 1.29 is 9.18 Å². The van der Waals surface area contributed by atoms with E-state index in [1.165, 1.54) is 18.9 Å². The molecule has 2 aliphatic rings. The van der Waals surface area contributed by atoms with Gasteiger partial charge in [0, 0.05) is 37.5 Å². The fraction of sp³-hybridized carbons (Fsp3) is 0.625. The van der Waals surface area contributed by atoms with E-state index >= 15 is 0 Å². The molecule has 1 saturated carbocycles. The second-order valence-electron chi connectivity index (χ2n) is 9.30. The second kappa shape index (κ2) is 9.47. The number of aromatic nitrogens is 3. The Hall–Kier alpha value is -2.28. The average Bonchev–Trinajstić information content (AvgIpc) is 3.34. The van der Waals surface area contributed by atoms with E-state index < -0.39 is 0 Å². The molecule has 7 heteroatoms. The molecule has 1 aromatic carbocycles. The summed E-state index contributed by atoms with van der Waals surface area (Å²) >= 11 is 0. The highest BCUT2D eigenvalue weighted by Gasteiger charge is 2.38. The molecule has 0 atom stereocenters. The van der Waals surface area contributed by atoms with Crippen LogP contribution in [0.1, 0.15) is 62.2 Å². The minimum Gasteiger partial charge on any atom is -0.353 e. The zero-order valence-corrected chi connectivity index (χ0v) is 18.7. The van der Waals surface area contributed by atoms with Gasteiger partial charge >= 0.3 is 0 Å². The van der Waals surface area contributed by atoms with Crippen LogP contribution in [0.5, 0.6) is 0 Å². The van der Waals surface area contributed by atoms with E-state index in [4.69, 9.17) is 0 Å². The molecule has 1 saturated heterocycles. The molecule has 0 radical (unpaired) electrons. The fourth-order valence-electron chi connectivity index (χ4n) is 5.35. The van der Waals surface area contributed by atoms with Crippen molar-refractivity contribution in [2.45, 2.75) is 76.8 Å². The molecule has 2 fully saturated rings. The van der Waals surface area contributed by atoms with E-state index in [0.29, 0.717) is 13.0 Å². The Balaban J connectivity index is 1.26. The lowest BCUT2D eigenvalue weighted by Crippen LogP contribution is -2.48. The first-order chi connectivity index (χ1) is 14.9. The van der Waals surface area contributed by atoms with Crippen LogP contribution in [-0.2, 0) is 16.8 Å². The Morgan fingerprint density at radius 1 is 1.23 bits per heavy atom. The normalized spacial score (nSPS) is 19.6. The van der Waals surface area contributed by atoms with Gasteiger partial charge in [0.25, 0.3) is 0 Å². The molecule has 4 rings (SSSR count). The Kier molecular flexibility index (Phi) is 6.70. The molecular weight excluding hydrogens is 393 g/mol. The number of hydrogen-bond acceptors (Lipinski definition) is 4. The number of aryl methyl sites for hydroxylation is 3. The van der Waals surface area contributed by atoms with E-state index in [2.05, 4.69) is 26.4 Å². The Labute approximate surface area is 184 Å². The van der Waals surface area contributed by atoms with E-state index in [1.807, 2.05) is 19.9 Å². The van der Waals surface area contributed by atoms with Crippen LogP contribution in [-0.4, -0.2) is 51.2 Å². The van der Waals surface area contributed by atoms with Crippen LogP contribution in [0, 0.1) is 19.7 Å². The van der Waals surface area contributed by atoms with Crippen molar-refractivity contribution in [2.24, 2.45) is 0 Å². The van der Waals surface area contributed by atoms with Crippen LogP contribution in [0.2, 0.25) is 0 Å². The molecule has 1 aliphatic carbocycles. The summed E-state index contributed by atoms with van der Waals surface area (Å²) in [4.78, 5) is 19.2. The van der Waals surface area contributed by atoms with Crippen molar-refractivity contribution in [3.63, 3.8) is 0 Å². The zero-order chi connectivity index (χ0) is 21.8. The number of likely N-dealkylation sites (tertiary alicyclic amines) is 1. The van der Waals surface area contributed by atoms with Crippen molar-refractivity contribution in [3.05, 3.63) is 47.3 Å². The number of piperidine rings is 1. The van der Waals surface area contributed by atoms with Gasteiger partial charge in [0.2, 0.25) is 5.91 Å². The molecule has 6 nitrogen and oxygen atoms in total. The predicted molar refractivity (Wildman–Crippen MR) is 118 cm³/mol. The molecule has 1 amide bonds. The van der Waals surface area contributed by atoms with Crippen LogP contribution in [0.4, 0.5) is 4.39 Å². The van der Waals surface area contributed by atoms with Gasteiger partial charge in [-0.1, -0.05) is 25.0 Å². The summed E-state index contributed by atoms with van der Waals surface area (Å²) in [7, 11) is 0. The van der Waals surface area contributed by atoms with E-state index in [-0.39, 0.29) is 23.2 Å². The monoisotopic (exact) mass is 427 g/mol. The Bertz CT molecular complexity index is 897. The summed E-state index contributed by atoms with van der Waals surface area (Å²) in [6.07, 6.45) is 7.05. The third kappa shape index (κ3) is 5.32. The average molecular weight is 428 g/mol. The highest BCUT2D eigenvalue weighted by molar-refractivity contribution is 5.76. The first kappa shape index (κ1) is 21.9. The lowest BCUT2D eigenvalue weighted by atomic mass is 9.78. The Morgan fingerprint density at radius 3 is 2.61 bits per heavy atom. The van der Waals surface area contributed by atoms with Crippen molar-refractivity contribution in [1.82, 2.24) is 25.0 Å². The minimum absolute atomic E-state index is 0.0754. The smallest absolute Gasteiger partial charge is 0.222 e. The number of nitrogens with one attached hydrogen (secondary N) is 1. The van der Waals surface area contributed by atoms with Crippen molar-refractivity contribution in [2.75, 3.05) is 19.6 Å². The minimum atomic E-state index is -0.138. The fourth-order valence-corrected chi connectivity index (χ4v) is 5.35. The molecule has 1 aliphatic heterocycles. The lowest BCUT2D eigenvalue weighted by molar-refractivity contribution is -0.122. The van der Waals surface area contributed by atoms with Gasteiger partial charge in [0.05, 0.1) is 6.54 Å².